The van der Waals surface area contributed by atoms with Crippen LogP contribution in [0.1, 0.15) is 31.9 Å². The fourth-order valence-corrected chi connectivity index (χ4v) is 2.66. The first-order chi connectivity index (χ1) is 7.92. The van der Waals surface area contributed by atoms with Gasteiger partial charge in [-0.05, 0) is 22.4 Å². The number of aliphatic hydroxyl groups is 1. The van der Waals surface area contributed by atoms with Gasteiger partial charge in [0.2, 0.25) is 11.8 Å². The molecule has 1 saturated heterocycles. The van der Waals surface area contributed by atoms with Crippen molar-refractivity contribution in [2.45, 2.75) is 26.4 Å². The normalized spacial score (nSPS) is 21.0. The minimum atomic E-state index is -0.789. The van der Waals surface area contributed by atoms with Crippen LogP contribution in [0.25, 0.3) is 0 Å². The molecule has 0 saturated carbocycles. The number of rotatable bonds is 3. The molecule has 1 aromatic heterocycles. The van der Waals surface area contributed by atoms with Crippen molar-refractivity contribution >= 4 is 23.2 Å². The molecule has 1 aromatic rings. The average Bonchev–Trinajstić information content (AvgIpc) is 2.81. The third-order valence-electron chi connectivity index (χ3n) is 3.00. The molecule has 1 aliphatic rings. The lowest BCUT2D eigenvalue weighted by molar-refractivity contribution is -0.142. The maximum atomic E-state index is 11.9. The number of imide groups is 1. The summed E-state index contributed by atoms with van der Waals surface area (Å²) in [5.41, 5.74) is 0.117. The van der Waals surface area contributed by atoms with Gasteiger partial charge in [-0.25, -0.2) is 0 Å². The van der Waals surface area contributed by atoms with Crippen molar-refractivity contribution in [2.24, 2.45) is 5.41 Å². The molecule has 0 bridgehead atoms. The quantitative estimate of drug-likeness (QED) is 0.832. The number of amides is 2. The van der Waals surface area contributed by atoms with E-state index in [9.17, 15) is 14.7 Å². The molecular formula is C12H15NO3S. The van der Waals surface area contributed by atoms with E-state index in [1.807, 2.05) is 10.8 Å². The monoisotopic (exact) mass is 253 g/mol. The zero-order valence-corrected chi connectivity index (χ0v) is 10.7. The van der Waals surface area contributed by atoms with Crippen molar-refractivity contribution in [3.05, 3.63) is 22.4 Å². The molecule has 1 N–H and O–H groups in total. The Morgan fingerprint density at radius 2 is 2.24 bits per heavy atom. The highest BCUT2D eigenvalue weighted by atomic mass is 32.1. The Morgan fingerprint density at radius 3 is 2.71 bits per heavy atom. The topological polar surface area (TPSA) is 57.6 Å². The van der Waals surface area contributed by atoms with Gasteiger partial charge in [0.05, 0.1) is 18.1 Å². The van der Waals surface area contributed by atoms with E-state index in [2.05, 4.69) is 0 Å². The van der Waals surface area contributed by atoms with Gasteiger partial charge in [0.1, 0.15) is 0 Å². The fraction of sp³-hybridized carbons (Fsp3) is 0.500. The van der Waals surface area contributed by atoms with Crippen molar-refractivity contribution in [3.8, 4) is 0 Å². The first-order valence-electron chi connectivity index (χ1n) is 5.47. The van der Waals surface area contributed by atoms with Crippen LogP contribution in [0, 0.1) is 5.41 Å². The van der Waals surface area contributed by atoms with Crippen LogP contribution >= 0.6 is 11.3 Å². The highest BCUT2D eigenvalue weighted by molar-refractivity contribution is 7.07. The van der Waals surface area contributed by atoms with E-state index in [0.717, 1.165) is 5.56 Å². The van der Waals surface area contributed by atoms with Crippen molar-refractivity contribution in [2.75, 3.05) is 6.54 Å². The average molecular weight is 253 g/mol. The summed E-state index contributed by atoms with van der Waals surface area (Å²) < 4.78 is 0. The molecule has 1 unspecified atom stereocenters. The van der Waals surface area contributed by atoms with Crippen LogP contribution < -0.4 is 0 Å². The number of carbonyl (C=O) groups is 2. The van der Waals surface area contributed by atoms with Crippen LogP contribution in [0.2, 0.25) is 0 Å². The molecule has 92 valence electrons. The predicted molar refractivity (Wildman–Crippen MR) is 64.4 cm³/mol. The molecule has 1 atom stereocenters. The first kappa shape index (κ1) is 12.3. The lowest BCUT2D eigenvalue weighted by atomic mass is 9.92. The summed E-state index contributed by atoms with van der Waals surface area (Å²) in [7, 11) is 0. The van der Waals surface area contributed by atoms with Crippen molar-refractivity contribution < 1.29 is 14.7 Å². The molecule has 2 heterocycles. The molecule has 2 amide bonds. The van der Waals surface area contributed by atoms with E-state index in [4.69, 9.17) is 0 Å². The SMILES string of the molecule is CC1(C)CC(=O)N(CC(O)c2ccsc2)C1=O. The number of hydrogen-bond acceptors (Lipinski definition) is 4. The second-order valence-corrected chi connectivity index (χ2v) is 5.72. The van der Waals surface area contributed by atoms with E-state index >= 15 is 0 Å². The second kappa shape index (κ2) is 4.23. The Hall–Kier alpha value is -1.20. The summed E-state index contributed by atoms with van der Waals surface area (Å²) in [4.78, 5) is 24.8. The van der Waals surface area contributed by atoms with Gasteiger partial charge < -0.3 is 5.11 Å². The van der Waals surface area contributed by atoms with E-state index in [1.54, 1.807) is 19.9 Å². The fourth-order valence-electron chi connectivity index (χ4n) is 1.96. The predicted octanol–water partition coefficient (Wildman–Crippen LogP) is 1.57. The summed E-state index contributed by atoms with van der Waals surface area (Å²) in [5, 5.41) is 13.6. The molecule has 1 fully saturated rings. The maximum Gasteiger partial charge on any atom is 0.235 e. The first-order valence-corrected chi connectivity index (χ1v) is 6.41. The number of hydrogen-bond donors (Lipinski definition) is 1. The van der Waals surface area contributed by atoms with Gasteiger partial charge in [0.25, 0.3) is 0 Å². The Morgan fingerprint density at radius 1 is 1.53 bits per heavy atom. The zero-order valence-electron chi connectivity index (χ0n) is 9.84. The Balaban J connectivity index is 2.10. The van der Waals surface area contributed by atoms with Crippen LogP contribution in [0.4, 0.5) is 0 Å². The van der Waals surface area contributed by atoms with Crippen LogP contribution in [0.3, 0.4) is 0 Å². The standard InChI is InChI=1S/C12H15NO3S/c1-12(2)5-10(15)13(11(12)16)6-9(14)8-3-4-17-7-8/h3-4,7,9,14H,5-6H2,1-2H3. The third kappa shape index (κ3) is 2.25. The Kier molecular flexibility index (Phi) is 3.05. The van der Waals surface area contributed by atoms with Gasteiger partial charge in [-0.2, -0.15) is 11.3 Å². The number of nitrogens with zero attached hydrogens (tertiary/aromatic N) is 1. The van der Waals surface area contributed by atoms with Crippen molar-refractivity contribution in [3.63, 3.8) is 0 Å². The smallest absolute Gasteiger partial charge is 0.235 e. The van der Waals surface area contributed by atoms with E-state index in [0.29, 0.717) is 0 Å². The summed E-state index contributed by atoms with van der Waals surface area (Å²) >= 11 is 1.48. The lowest BCUT2D eigenvalue weighted by Crippen LogP contribution is -2.36. The van der Waals surface area contributed by atoms with Gasteiger partial charge in [0.15, 0.2) is 0 Å². The molecule has 5 heteroatoms. The Labute approximate surface area is 104 Å². The largest absolute Gasteiger partial charge is 0.387 e. The summed E-state index contributed by atoms with van der Waals surface area (Å²) in [5.74, 6) is -0.397. The minimum Gasteiger partial charge on any atom is -0.387 e. The molecule has 0 radical (unpaired) electrons. The number of thiophene rings is 1. The molecule has 17 heavy (non-hydrogen) atoms. The molecule has 1 aliphatic heterocycles. The number of aliphatic hydroxyl groups excluding tert-OH is 1. The second-order valence-electron chi connectivity index (χ2n) is 4.94. The zero-order chi connectivity index (χ0) is 12.6. The summed E-state index contributed by atoms with van der Waals surface area (Å²) in [6, 6.07) is 1.80. The highest BCUT2D eigenvalue weighted by Gasteiger charge is 2.45. The van der Waals surface area contributed by atoms with Gasteiger partial charge in [-0.1, -0.05) is 13.8 Å². The molecule has 0 aromatic carbocycles. The molecule has 2 rings (SSSR count). The Bertz CT molecular complexity index is 439. The van der Waals surface area contributed by atoms with E-state index in [-0.39, 0.29) is 24.8 Å². The summed E-state index contributed by atoms with van der Waals surface area (Å²) in [6.45, 7) is 3.56. The van der Waals surface area contributed by atoms with Gasteiger partial charge in [-0.15, -0.1) is 0 Å². The summed E-state index contributed by atoms with van der Waals surface area (Å²) in [6.07, 6.45) is -0.564. The van der Waals surface area contributed by atoms with Crippen LogP contribution in [0.5, 0.6) is 0 Å². The van der Waals surface area contributed by atoms with E-state index < -0.39 is 11.5 Å². The van der Waals surface area contributed by atoms with Gasteiger partial charge in [0, 0.05) is 6.42 Å². The number of β-amino-alcohol motifs (C(OH)–C–C–N with tert-alkyl or cyclic N) is 1. The van der Waals surface area contributed by atoms with Gasteiger partial charge in [-0.3, -0.25) is 14.5 Å². The van der Waals surface area contributed by atoms with Crippen LogP contribution in [-0.2, 0) is 9.59 Å². The molecule has 4 nitrogen and oxygen atoms in total. The number of carbonyl (C=O) groups excluding carboxylic acids is 2. The maximum absolute atomic E-state index is 11.9. The lowest BCUT2D eigenvalue weighted by Gasteiger charge is -2.20. The van der Waals surface area contributed by atoms with Crippen LogP contribution in [0.15, 0.2) is 16.8 Å². The van der Waals surface area contributed by atoms with Crippen molar-refractivity contribution in [1.82, 2.24) is 4.90 Å². The van der Waals surface area contributed by atoms with Gasteiger partial charge >= 0.3 is 0 Å². The van der Waals surface area contributed by atoms with Crippen LogP contribution in [-0.4, -0.2) is 28.4 Å². The van der Waals surface area contributed by atoms with Crippen molar-refractivity contribution in [1.29, 1.82) is 0 Å². The molecular weight excluding hydrogens is 238 g/mol. The minimum absolute atomic E-state index is 0.0534. The highest BCUT2D eigenvalue weighted by Crippen LogP contribution is 2.32. The molecule has 0 spiro atoms. The number of likely N-dealkylation sites (tertiary alicyclic amines) is 1. The molecule has 0 aliphatic carbocycles. The third-order valence-corrected chi connectivity index (χ3v) is 3.70. The van der Waals surface area contributed by atoms with E-state index in [1.165, 1.54) is 16.2 Å².